The molecule has 2 heterocycles. The molecule has 0 amide bonds. The maximum atomic E-state index is 6.43. The van der Waals surface area contributed by atoms with Gasteiger partial charge in [-0.25, -0.2) is 5.01 Å². The van der Waals surface area contributed by atoms with Crippen LogP contribution < -0.4 is 9.47 Å². The minimum Gasteiger partial charge on any atom is -0.497 e. The lowest BCUT2D eigenvalue weighted by atomic mass is 9.96. The fraction of sp³-hybridized carbons (Fsp3) is 0.208. The third-order valence-electron chi connectivity index (χ3n) is 5.54. The van der Waals surface area contributed by atoms with Crippen LogP contribution in [0, 0.1) is 6.92 Å². The first-order valence-corrected chi connectivity index (χ1v) is 10.4. The Balaban J connectivity index is 1.57. The van der Waals surface area contributed by atoms with E-state index < -0.39 is 0 Å². The molecule has 5 heteroatoms. The van der Waals surface area contributed by atoms with Crippen LogP contribution in [0.3, 0.4) is 0 Å². The Morgan fingerprint density at radius 3 is 2.52 bits per heavy atom. The van der Waals surface area contributed by atoms with Crippen molar-refractivity contribution in [3.63, 3.8) is 0 Å². The van der Waals surface area contributed by atoms with Gasteiger partial charge in [-0.1, -0.05) is 45.8 Å². The standard InChI is InChI=1S/C24H21BrN2O2/c1-15-3-5-17(6-4-15)24-27-22(20-13-18(25)9-12-23(20)29-24)14-21(26-27)16-7-10-19(28-2)11-8-16/h3-13,22,24H,14H2,1-2H3/t22-,24+/m1/s1. The number of rotatable bonds is 3. The van der Waals surface area contributed by atoms with Crippen molar-refractivity contribution in [1.82, 2.24) is 5.01 Å². The molecule has 0 bridgehead atoms. The molecule has 2 atom stereocenters. The fourth-order valence-corrected chi connectivity index (χ4v) is 4.35. The molecule has 0 radical (unpaired) electrons. The highest BCUT2D eigenvalue weighted by Crippen LogP contribution is 2.48. The maximum absolute atomic E-state index is 6.43. The Hall–Kier alpha value is -2.79. The van der Waals surface area contributed by atoms with Gasteiger partial charge in [0, 0.05) is 22.0 Å². The van der Waals surface area contributed by atoms with Crippen molar-refractivity contribution < 1.29 is 9.47 Å². The van der Waals surface area contributed by atoms with Crippen LogP contribution in [0.15, 0.2) is 76.3 Å². The molecule has 0 N–H and O–H groups in total. The molecular weight excluding hydrogens is 428 g/mol. The molecule has 0 unspecified atom stereocenters. The molecule has 2 aliphatic heterocycles. The van der Waals surface area contributed by atoms with Crippen molar-refractivity contribution in [3.8, 4) is 11.5 Å². The number of fused-ring (bicyclic) bond motifs is 3. The Morgan fingerprint density at radius 1 is 1.03 bits per heavy atom. The van der Waals surface area contributed by atoms with Crippen LogP contribution in [-0.4, -0.2) is 17.8 Å². The van der Waals surface area contributed by atoms with E-state index in [1.807, 2.05) is 24.3 Å². The van der Waals surface area contributed by atoms with Gasteiger partial charge in [-0.2, -0.15) is 5.10 Å². The minimum atomic E-state index is -0.245. The number of hydrogen-bond acceptors (Lipinski definition) is 4. The van der Waals surface area contributed by atoms with Gasteiger partial charge < -0.3 is 9.47 Å². The first-order chi connectivity index (χ1) is 14.1. The summed E-state index contributed by atoms with van der Waals surface area (Å²) in [6, 6.07) is 22.9. The molecule has 0 aliphatic carbocycles. The summed E-state index contributed by atoms with van der Waals surface area (Å²) in [5.74, 6) is 1.77. The number of hydrogen-bond donors (Lipinski definition) is 0. The van der Waals surface area contributed by atoms with Gasteiger partial charge >= 0.3 is 0 Å². The smallest absolute Gasteiger partial charge is 0.213 e. The largest absolute Gasteiger partial charge is 0.497 e. The van der Waals surface area contributed by atoms with E-state index in [9.17, 15) is 0 Å². The molecule has 0 aromatic heterocycles. The van der Waals surface area contributed by atoms with Crippen LogP contribution in [0.4, 0.5) is 0 Å². The molecule has 3 aromatic rings. The lowest BCUT2D eigenvalue weighted by molar-refractivity contribution is -0.0190. The highest BCUT2D eigenvalue weighted by molar-refractivity contribution is 9.10. The van der Waals surface area contributed by atoms with E-state index in [0.29, 0.717) is 0 Å². The zero-order valence-electron chi connectivity index (χ0n) is 16.3. The van der Waals surface area contributed by atoms with Crippen LogP contribution in [0.5, 0.6) is 11.5 Å². The van der Waals surface area contributed by atoms with E-state index in [-0.39, 0.29) is 12.3 Å². The van der Waals surface area contributed by atoms with Gasteiger partial charge in [0.2, 0.25) is 6.23 Å². The first kappa shape index (κ1) is 18.3. The van der Waals surface area contributed by atoms with Crippen LogP contribution in [0.1, 0.15) is 40.9 Å². The van der Waals surface area contributed by atoms with Crippen molar-refractivity contribution in [2.75, 3.05) is 7.11 Å². The van der Waals surface area contributed by atoms with E-state index in [0.717, 1.165) is 44.8 Å². The number of methoxy groups -OCH3 is 1. The van der Waals surface area contributed by atoms with Crippen LogP contribution in [0.2, 0.25) is 0 Å². The van der Waals surface area contributed by atoms with Crippen molar-refractivity contribution >= 4 is 21.6 Å². The van der Waals surface area contributed by atoms with E-state index in [4.69, 9.17) is 14.6 Å². The number of nitrogens with zero attached hydrogens (tertiary/aromatic N) is 2. The molecular formula is C24H21BrN2O2. The zero-order chi connectivity index (χ0) is 20.0. The molecule has 0 spiro atoms. The van der Waals surface area contributed by atoms with E-state index in [2.05, 4.69) is 70.3 Å². The Morgan fingerprint density at radius 2 is 1.79 bits per heavy atom. The van der Waals surface area contributed by atoms with Gasteiger partial charge in [0.15, 0.2) is 0 Å². The molecule has 0 saturated carbocycles. The average molecular weight is 449 g/mol. The predicted molar refractivity (Wildman–Crippen MR) is 117 cm³/mol. The summed E-state index contributed by atoms with van der Waals surface area (Å²) in [4.78, 5) is 0. The molecule has 2 aliphatic rings. The Labute approximate surface area is 178 Å². The lowest BCUT2D eigenvalue weighted by Crippen LogP contribution is -2.33. The van der Waals surface area contributed by atoms with Gasteiger partial charge in [0.05, 0.1) is 18.9 Å². The van der Waals surface area contributed by atoms with Crippen molar-refractivity contribution in [3.05, 3.63) is 93.5 Å². The first-order valence-electron chi connectivity index (χ1n) is 9.65. The third kappa shape index (κ3) is 3.29. The second-order valence-electron chi connectivity index (χ2n) is 7.44. The van der Waals surface area contributed by atoms with Crippen LogP contribution in [0.25, 0.3) is 0 Å². The quantitative estimate of drug-likeness (QED) is 0.491. The summed E-state index contributed by atoms with van der Waals surface area (Å²) in [6.07, 6.45) is 0.589. The van der Waals surface area contributed by atoms with Gasteiger partial charge in [-0.3, -0.25) is 0 Å². The van der Waals surface area contributed by atoms with Crippen molar-refractivity contribution in [2.24, 2.45) is 5.10 Å². The summed E-state index contributed by atoms with van der Waals surface area (Å²) in [5, 5.41) is 7.12. The normalized spacial score (nSPS) is 19.8. The summed E-state index contributed by atoms with van der Waals surface area (Å²) in [7, 11) is 1.68. The SMILES string of the molecule is COc1ccc(C2=NN3[C@H](C2)c2cc(Br)ccc2O[C@H]3c2ccc(C)cc2)cc1. The highest BCUT2D eigenvalue weighted by atomic mass is 79.9. The monoisotopic (exact) mass is 448 g/mol. The van der Waals surface area contributed by atoms with Gasteiger partial charge in [0.1, 0.15) is 11.5 Å². The molecule has 3 aromatic carbocycles. The predicted octanol–water partition coefficient (Wildman–Crippen LogP) is 6.01. The Bertz CT molecular complexity index is 1080. The zero-order valence-corrected chi connectivity index (χ0v) is 17.9. The van der Waals surface area contributed by atoms with E-state index in [1.54, 1.807) is 7.11 Å². The minimum absolute atomic E-state index is 0.139. The maximum Gasteiger partial charge on any atom is 0.213 e. The fourth-order valence-electron chi connectivity index (χ4n) is 3.97. The third-order valence-corrected chi connectivity index (χ3v) is 6.03. The molecule has 0 fully saturated rings. The van der Waals surface area contributed by atoms with Crippen molar-refractivity contribution in [1.29, 1.82) is 0 Å². The molecule has 146 valence electrons. The molecule has 29 heavy (non-hydrogen) atoms. The number of aryl methyl sites for hydroxylation is 1. The Kier molecular flexibility index (Phi) is 4.55. The van der Waals surface area contributed by atoms with E-state index in [1.165, 1.54) is 5.56 Å². The van der Waals surface area contributed by atoms with Crippen LogP contribution >= 0.6 is 15.9 Å². The summed E-state index contributed by atoms with van der Waals surface area (Å²) in [5.41, 5.74) is 5.67. The second-order valence-corrected chi connectivity index (χ2v) is 8.35. The highest BCUT2D eigenvalue weighted by Gasteiger charge is 2.41. The number of ether oxygens (including phenoxy) is 2. The summed E-state index contributed by atoms with van der Waals surface area (Å²) >= 11 is 3.61. The summed E-state index contributed by atoms with van der Waals surface area (Å²) < 4.78 is 12.8. The van der Waals surface area contributed by atoms with E-state index >= 15 is 0 Å². The van der Waals surface area contributed by atoms with Gasteiger partial charge in [0.25, 0.3) is 0 Å². The lowest BCUT2D eigenvalue weighted by Gasteiger charge is -2.38. The van der Waals surface area contributed by atoms with Gasteiger partial charge in [-0.15, -0.1) is 0 Å². The summed E-state index contributed by atoms with van der Waals surface area (Å²) in [6.45, 7) is 2.09. The topological polar surface area (TPSA) is 34.1 Å². The number of halogens is 1. The second kappa shape index (κ2) is 7.23. The van der Waals surface area contributed by atoms with Crippen molar-refractivity contribution in [2.45, 2.75) is 25.6 Å². The molecule has 0 saturated heterocycles. The number of benzene rings is 3. The number of hydrazone groups is 1. The van der Waals surface area contributed by atoms with Gasteiger partial charge in [-0.05, 0) is 55.0 Å². The molecule has 4 nitrogen and oxygen atoms in total. The molecule has 5 rings (SSSR count). The average Bonchev–Trinajstić information content (AvgIpc) is 3.20. The van der Waals surface area contributed by atoms with Crippen LogP contribution in [-0.2, 0) is 0 Å².